The van der Waals surface area contributed by atoms with Crippen LogP contribution >= 0.6 is 0 Å². The van der Waals surface area contributed by atoms with Crippen LogP contribution in [0.15, 0.2) is 121 Å². The molecular weight excluding hydrogens is 612 g/mol. The van der Waals surface area contributed by atoms with Gasteiger partial charge in [-0.25, -0.2) is 9.59 Å². The lowest BCUT2D eigenvalue weighted by Gasteiger charge is -2.37. The molecule has 5 N–H and O–H groups in total. The molecule has 3 atom stereocenters. The topological polar surface area (TPSA) is 163 Å². The number of carbonyl (C=O) groups is 5. The second-order valence-corrected chi connectivity index (χ2v) is 11.2. The van der Waals surface area contributed by atoms with E-state index in [1.807, 2.05) is 97.1 Å². The minimum absolute atomic E-state index is 0.00708. The predicted molar refractivity (Wildman–Crippen MR) is 178 cm³/mol. The van der Waals surface area contributed by atoms with Crippen LogP contribution in [0, 0.1) is 0 Å². The van der Waals surface area contributed by atoms with Crippen molar-refractivity contribution in [3.8, 4) is 0 Å². The Morgan fingerprint density at radius 2 is 1.04 bits per heavy atom. The molecule has 0 saturated carbocycles. The fourth-order valence-electron chi connectivity index (χ4n) is 5.13. The molecule has 4 rings (SSSR count). The summed E-state index contributed by atoms with van der Waals surface area (Å²) in [6.45, 7) is 2.78. The number of nitrogens with one attached hydrogen (secondary N) is 4. The van der Waals surface area contributed by atoms with Crippen molar-refractivity contribution in [2.75, 3.05) is 0 Å². The number of hydrogen-bond acceptors (Lipinski definition) is 6. The van der Waals surface area contributed by atoms with E-state index in [2.05, 4.69) is 21.3 Å². The second-order valence-electron chi connectivity index (χ2n) is 11.2. The Kier molecular flexibility index (Phi) is 12.0. The molecule has 11 heteroatoms. The van der Waals surface area contributed by atoms with Gasteiger partial charge >= 0.3 is 12.1 Å². The van der Waals surface area contributed by atoms with Crippen molar-refractivity contribution in [2.45, 2.75) is 50.5 Å². The van der Waals surface area contributed by atoms with E-state index in [1.54, 1.807) is 24.3 Å². The third-order valence-corrected chi connectivity index (χ3v) is 7.64. The molecule has 0 aliphatic rings. The summed E-state index contributed by atoms with van der Waals surface area (Å²) < 4.78 is 5.12. The van der Waals surface area contributed by atoms with Crippen LogP contribution < -0.4 is 21.3 Å². The van der Waals surface area contributed by atoms with E-state index in [9.17, 15) is 29.1 Å². The maximum absolute atomic E-state index is 13.7. The van der Waals surface area contributed by atoms with Crippen LogP contribution in [0.2, 0.25) is 0 Å². The third-order valence-electron chi connectivity index (χ3n) is 7.64. The first-order valence-electron chi connectivity index (χ1n) is 15.4. The first kappa shape index (κ1) is 34.9. The minimum Gasteiger partial charge on any atom is -0.480 e. The summed E-state index contributed by atoms with van der Waals surface area (Å²) in [6, 6.07) is 33.0. The summed E-state index contributed by atoms with van der Waals surface area (Å²) in [6.07, 6.45) is -1.42. The molecule has 4 aromatic carbocycles. The van der Waals surface area contributed by atoms with Crippen LogP contribution in [0.3, 0.4) is 0 Å². The van der Waals surface area contributed by atoms with Gasteiger partial charge in [0, 0.05) is 0 Å². The Bertz CT molecular complexity index is 1590. The molecule has 0 radical (unpaired) electrons. The molecule has 0 unspecified atom stereocenters. The fourth-order valence-corrected chi connectivity index (χ4v) is 5.13. The highest BCUT2D eigenvalue weighted by atomic mass is 16.5. The van der Waals surface area contributed by atoms with Gasteiger partial charge in [-0.2, -0.15) is 0 Å². The van der Waals surface area contributed by atoms with Gasteiger partial charge in [0.15, 0.2) is 0 Å². The Morgan fingerprint density at radius 1 is 0.625 bits per heavy atom. The SMILES string of the molecule is C[C@H](NC(=O)OCc1ccccc1)C(=O)N[C@@H](C)C(=O)N[C@@H](CC(=O)NC(c1ccccc1)(c1ccccc1)c1ccccc1)C(=O)O. The molecule has 0 aliphatic heterocycles. The van der Waals surface area contributed by atoms with Crippen molar-refractivity contribution in [3.05, 3.63) is 144 Å². The van der Waals surface area contributed by atoms with Gasteiger partial charge in [0.25, 0.3) is 0 Å². The monoisotopic (exact) mass is 650 g/mol. The number of carboxylic acid groups (broad SMARTS) is 1. The molecule has 0 aliphatic carbocycles. The van der Waals surface area contributed by atoms with Gasteiger partial charge in [-0.1, -0.05) is 121 Å². The van der Waals surface area contributed by atoms with Gasteiger partial charge in [0.2, 0.25) is 17.7 Å². The summed E-state index contributed by atoms with van der Waals surface area (Å²) in [4.78, 5) is 63.8. The Hall–Kier alpha value is -5.97. The van der Waals surface area contributed by atoms with Gasteiger partial charge in [-0.05, 0) is 36.1 Å². The largest absolute Gasteiger partial charge is 0.480 e. The number of carbonyl (C=O) groups excluding carboxylic acids is 4. The van der Waals surface area contributed by atoms with Crippen molar-refractivity contribution in [1.82, 2.24) is 21.3 Å². The quantitative estimate of drug-likeness (QED) is 0.129. The third kappa shape index (κ3) is 9.06. The maximum atomic E-state index is 13.7. The number of hydrogen-bond donors (Lipinski definition) is 5. The smallest absolute Gasteiger partial charge is 0.408 e. The van der Waals surface area contributed by atoms with Gasteiger partial charge in [0.05, 0.1) is 6.42 Å². The zero-order valence-electron chi connectivity index (χ0n) is 26.6. The molecule has 0 saturated heterocycles. The lowest BCUT2D eigenvalue weighted by atomic mass is 9.77. The first-order chi connectivity index (χ1) is 23.1. The zero-order chi connectivity index (χ0) is 34.5. The zero-order valence-corrected chi connectivity index (χ0v) is 26.6. The van der Waals surface area contributed by atoms with E-state index in [-0.39, 0.29) is 6.61 Å². The first-order valence-corrected chi connectivity index (χ1v) is 15.4. The van der Waals surface area contributed by atoms with Crippen LogP contribution in [-0.4, -0.2) is 53.0 Å². The average molecular weight is 651 g/mol. The summed E-state index contributed by atoms with van der Waals surface area (Å²) in [5, 5.41) is 20.2. The fraction of sp³-hybridized carbons (Fsp3) is 0.216. The Morgan fingerprint density at radius 3 is 1.50 bits per heavy atom. The van der Waals surface area contributed by atoms with Crippen LogP contribution in [0.4, 0.5) is 4.79 Å². The van der Waals surface area contributed by atoms with Gasteiger partial charge in [-0.3, -0.25) is 14.4 Å². The number of benzene rings is 4. The molecule has 11 nitrogen and oxygen atoms in total. The van der Waals surface area contributed by atoms with Crippen LogP contribution in [-0.2, 0) is 36.1 Å². The maximum Gasteiger partial charge on any atom is 0.408 e. The summed E-state index contributed by atoms with van der Waals surface area (Å²) in [7, 11) is 0. The molecule has 0 fully saturated rings. The number of amides is 4. The van der Waals surface area contributed by atoms with E-state index in [0.29, 0.717) is 0 Å². The summed E-state index contributed by atoms with van der Waals surface area (Å²) in [5.41, 5.74) is 1.82. The highest BCUT2D eigenvalue weighted by molar-refractivity contribution is 5.94. The highest BCUT2D eigenvalue weighted by Crippen LogP contribution is 2.36. The molecule has 248 valence electrons. The van der Waals surface area contributed by atoms with E-state index in [4.69, 9.17) is 4.74 Å². The average Bonchev–Trinajstić information content (AvgIpc) is 3.10. The van der Waals surface area contributed by atoms with Gasteiger partial charge in [0.1, 0.15) is 30.3 Å². The van der Waals surface area contributed by atoms with Crippen molar-refractivity contribution < 1.29 is 33.8 Å². The molecular formula is C37H38N4O7. The van der Waals surface area contributed by atoms with Crippen molar-refractivity contribution >= 4 is 29.8 Å². The molecule has 4 amide bonds. The highest BCUT2D eigenvalue weighted by Gasteiger charge is 2.39. The normalized spacial score (nSPS) is 12.8. The van der Waals surface area contributed by atoms with Crippen LogP contribution in [0.5, 0.6) is 0 Å². The van der Waals surface area contributed by atoms with Crippen LogP contribution in [0.1, 0.15) is 42.5 Å². The minimum atomic E-state index is -1.61. The number of alkyl carbamates (subject to hydrolysis) is 1. The Balaban J connectivity index is 1.42. The van der Waals surface area contributed by atoms with Crippen molar-refractivity contribution in [2.24, 2.45) is 0 Å². The number of carboxylic acids is 1. The molecule has 0 aromatic heterocycles. The van der Waals surface area contributed by atoms with Crippen molar-refractivity contribution in [3.63, 3.8) is 0 Å². The lowest BCUT2D eigenvalue weighted by Crippen LogP contribution is -2.55. The molecule has 4 aromatic rings. The Labute approximate surface area is 278 Å². The van der Waals surface area contributed by atoms with Gasteiger partial charge in [-0.15, -0.1) is 0 Å². The van der Waals surface area contributed by atoms with E-state index in [0.717, 1.165) is 22.3 Å². The van der Waals surface area contributed by atoms with E-state index in [1.165, 1.54) is 13.8 Å². The number of aliphatic carboxylic acids is 1. The van der Waals surface area contributed by atoms with Crippen molar-refractivity contribution in [1.29, 1.82) is 0 Å². The standard InChI is InChI=1S/C37H38N4O7/c1-25(38-33(43)26(2)39-36(47)48-24-27-15-7-3-8-16-27)34(44)40-31(35(45)46)23-32(42)41-37(28-17-9-4-10-18-28,29-19-11-5-12-20-29)30-21-13-6-14-22-30/h3-22,25-26,31H,23-24H2,1-2H3,(H,38,43)(H,39,47)(H,40,44)(H,41,42)(H,45,46)/t25-,26-,31-/m0/s1. The van der Waals surface area contributed by atoms with E-state index >= 15 is 0 Å². The molecule has 0 bridgehead atoms. The predicted octanol–water partition coefficient (Wildman–Crippen LogP) is 3.87. The molecule has 0 spiro atoms. The van der Waals surface area contributed by atoms with Crippen LogP contribution in [0.25, 0.3) is 0 Å². The molecule has 48 heavy (non-hydrogen) atoms. The second kappa shape index (κ2) is 16.5. The van der Waals surface area contributed by atoms with Gasteiger partial charge < -0.3 is 31.1 Å². The number of rotatable bonds is 14. The van der Waals surface area contributed by atoms with E-state index < -0.39 is 59.9 Å². The summed E-state index contributed by atoms with van der Waals surface area (Å²) >= 11 is 0. The summed E-state index contributed by atoms with van der Waals surface area (Å²) in [5.74, 6) is -3.60. The number of ether oxygens (including phenoxy) is 1. The molecule has 0 heterocycles. The lowest BCUT2D eigenvalue weighted by molar-refractivity contribution is -0.144.